The van der Waals surface area contributed by atoms with Gasteiger partial charge in [-0.2, -0.15) is 0 Å². The highest BCUT2D eigenvalue weighted by Crippen LogP contribution is 2.22. The number of carbonyl (C=O) groups is 1. The van der Waals surface area contributed by atoms with Crippen LogP contribution in [0.3, 0.4) is 0 Å². The fourth-order valence-electron chi connectivity index (χ4n) is 3.64. The van der Waals surface area contributed by atoms with Crippen molar-refractivity contribution in [2.24, 2.45) is 5.92 Å². The zero-order chi connectivity index (χ0) is 18.6. The van der Waals surface area contributed by atoms with Crippen LogP contribution in [0.5, 0.6) is 0 Å². The third-order valence-electron chi connectivity index (χ3n) is 5.11. The maximum absolute atomic E-state index is 12.8. The molecular formula is C21H23N5O. The van der Waals surface area contributed by atoms with Gasteiger partial charge < -0.3 is 16.0 Å². The second kappa shape index (κ2) is 7.72. The molecule has 0 spiro atoms. The van der Waals surface area contributed by atoms with Gasteiger partial charge in [-0.15, -0.1) is 0 Å². The highest BCUT2D eigenvalue weighted by molar-refractivity contribution is 6.10. The lowest BCUT2D eigenvalue weighted by atomic mass is 9.91. The van der Waals surface area contributed by atoms with Crippen LogP contribution in [-0.2, 0) is 0 Å². The lowest BCUT2D eigenvalue weighted by molar-refractivity contribution is 0.103. The summed E-state index contributed by atoms with van der Waals surface area (Å²) in [6, 6.07) is 9.33. The van der Waals surface area contributed by atoms with Gasteiger partial charge in [0.2, 0.25) is 5.78 Å². The first-order valence-electron chi connectivity index (χ1n) is 9.26. The summed E-state index contributed by atoms with van der Waals surface area (Å²) in [6.45, 7) is 2.62. The molecule has 0 amide bonds. The Hall–Kier alpha value is -2.99. The van der Waals surface area contributed by atoms with Crippen molar-refractivity contribution >= 4 is 17.4 Å². The third-order valence-corrected chi connectivity index (χ3v) is 5.11. The van der Waals surface area contributed by atoms with E-state index in [2.05, 4.69) is 44.5 Å². The number of aromatic nitrogens is 2. The molecular weight excluding hydrogens is 338 g/mol. The summed E-state index contributed by atoms with van der Waals surface area (Å²) in [7, 11) is 0. The number of rotatable bonds is 4. The summed E-state index contributed by atoms with van der Waals surface area (Å²) in [5.74, 6) is 1.34. The van der Waals surface area contributed by atoms with Crippen LogP contribution in [0.1, 0.15) is 22.5 Å². The topological polar surface area (TPSA) is 84.1 Å². The molecule has 1 fully saturated rings. The van der Waals surface area contributed by atoms with E-state index in [0.717, 1.165) is 31.9 Å². The van der Waals surface area contributed by atoms with E-state index < -0.39 is 0 Å². The number of hydrogen-bond donors (Lipinski definition) is 2. The second-order valence-electron chi connectivity index (χ2n) is 6.87. The van der Waals surface area contributed by atoms with Crippen LogP contribution in [0.15, 0.2) is 60.8 Å². The van der Waals surface area contributed by atoms with Gasteiger partial charge in [0, 0.05) is 31.9 Å². The van der Waals surface area contributed by atoms with E-state index in [-0.39, 0.29) is 11.6 Å². The molecule has 2 atom stereocenters. The maximum atomic E-state index is 12.8. The van der Waals surface area contributed by atoms with Gasteiger partial charge in [-0.05, 0) is 36.6 Å². The van der Waals surface area contributed by atoms with Gasteiger partial charge in [0.05, 0.1) is 5.56 Å². The number of nitrogen functional groups attached to an aromatic ring is 1. The van der Waals surface area contributed by atoms with Gasteiger partial charge in [-0.3, -0.25) is 4.79 Å². The zero-order valence-electron chi connectivity index (χ0n) is 15.1. The van der Waals surface area contributed by atoms with Crippen LogP contribution in [0.2, 0.25) is 0 Å². The largest absolute Gasteiger partial charge is 0.383 e. The number of allylic oxidation sites excluding steroid dienone is 3. The Labute approximate surface area is 158 Å². The molecule has 0 bridgehead atoms. The molecule has 2 aromatic rings. The predicted molar refractivity (Wildman–Crippen MR) is 107 cm³/mol. The van der Waals surface area contributed by atoms with Crippen molar-refractivity contribution in [3.05, 3.63) is 72.1 Å². The molecule has 1 aliphatic carbocycles. The average molecular weight is 361 g/mol. The Bertz CT molecular complexity index is 892. The highest BCUT2D eigenvalue weighted by Gasteiger charge is 2.26. The standard InChI is InChI=1S/C21H23N5O/c22-21-16(8-5-11-24-21)20(27)17-9-4-10-19(25-17)26-13-12-23-18(14-26)15-6-2-1-3-7-15/h1-6,8-11,15,18,23H,7,12-14H2,(H2,22,24)/t15?,18-/m0/s1. The quantitative estimate of drug-likeness (QED) is 0.812. The van der Waals surface area contributed by atoms with Crippen LogP contribution in [0, 0.1) is 5.92 Å². The third kappa shape index (κ3) is 3.75. The molecule has 27 heavy (non-hydrogen) atoms. The highest BCUT2D eigenvalue weighted by atomic mass is 16.1. The number of nitrogens with one attached hydrogen (secondary N) is 1. The molecule has 6 nitrogen and oxygen atoms in total. The zero-order valence-corrected chi connectivity index (χ0v) is 15.1. The van der Waals surface area contributed by atoms with E-state index in [4.69, 9.17) is 5.73 Å². The van der Waals surface area contributed by atoms with E-state index in [9.17, 15) is 4.79 Å². The Morgan fingerprint density at radius 2 is 2.15 bits per heavy atom. The van der Waals surface area contributed by atoms with Crippen molar-refractivity contribution in [2.75, 3.05) is 30.3 Å². The minimum atomic E-state index is -0.200. The number of ketones is 1. The Balaban J connectivity index is 1.53. The first-order valence-corrected chi connectivity index (χ1v) is 9.26. The maximum Gasteiger partial charge on any atom is 0.215 e. The number of pyridine rings is 2. The molecule has 138 valence electrons. The summed E-state index contributed by atoms with van der Waals surface area (Å²) in [5, 5.41) is 3.61. The average Bonchev–Trinajstić information content (AvgIpc) is 2.74. The van der Waals surface area contributed by atoms with E-state index in [1.165, 1.54) is 0 Å². The van der Waals surface area contributed by atoms with Crippen molar-refractivity contribution in [3.8, 4) is 0 Å². The molecule has 1 unspecified atom stereocenters. The molecule has 6 heteroatoms. The summed E-state index contributed by atoms with van der Waals surface area (Å²) in [5.41, 5.74) is 6.63. The van der Waals surface area contributed by atoms with Crippen LogP contribution in [-0.4, -0.2) is 41.4 Å². The number of anilines is 2. The van der Waals surface area contributed by atoms with E-state index >= 15 is 0 Å². The first kappa shape index (κ1) is 17.4. The molecule has 0 saturated carbocycles. The fourth-order valence-corrected chi connectivity index (χ4v) is 3.64. The summed E-state index contributed by atoms with van der Waals surface area (Å²) in [6.07, 6.45) is 11.3. The lowest BCUT2D eigenvalue weighted by Crippen LogP contribution is -2.53. The minimum Gasteiger partial charge on any atom is -0.383 e. The predicted octanol–water partition coefficient (Wildman–Crippen LogP) is 2.20. The molecule has 0 radical (unpaired) electrons. The van der Waals surface area contributed by atoms with E-state index in [1.54, 1.807) is 24.4 Å². The van der Waals surface area contributed by atoms with Gasteiger partial charge in [0.25, 0.3) is 0 Å². The molecule has 1 saturated heterocycles. The Morgan fingerprint density at radius 3 is 2.96 bits per heavy atom. The summed E-state index contributed by atoms with van der Waals surface area (Å²) < 4.78 is 0. The Kier molecular flexibility index (Phi) is 4.98. The number of piperazine rings is 1. The Morgan fingerprint density at radius 1 is 1.22 bits per heavy atom. The minimum absolute atomic E-state index is 0.200. The van der Waals surface area contributed by atoms with Crippen molar-refractivity contribution < 1.29 is 4.79 Å². The SMILES string of the molecule is Nc1ncccc1C(=O)c1cccc(N2CCN[C@H](C3C=CC=CC3)C2)n1. The van der Waals surface area contributed by atoms with Crippen molar-refractivity contribution in [1.82, 2.24) is 15.3 Å². The van der Waals surface area contributed by atoms with Gasteiger partial charge in [0.1, 0.15) is 17.3 Å². The van der Waals surface area contributed by atoms with Gasteiger partial charge >= 0.3 is 0 Å². The number of nitrogens with two attached hydrogens (primary N) is 1. The molecule has 1 aliphatic heterocycles. The summed E-state index contributed by atoms with van der Waals surface area (Å²) >= 11 is 0. The van der Waals surface area contributed by atoms with Crippen LogP contribution >= 0.6 is 0 Å². The second-order valence-corrected chi connectivity index (χ2v) is 6.87. The molecule has 2 aliphatic rings. The van der Waals surface area contributed by atoms with Crippen molar-refractivity contribution in [1.29, 1.82) is 0 Å². The molecule has 3 heterocycles. The molecule has 2 aromatic heterocycles. The van der Waals surface area contributed by atoms with Crippen LogP contribution in [0.4, 0.5) is 11.6 Å². The van der Waals surface area contributed by atoms with Crippen LogP contribution < -0.4 is 16.0 Å². The molecule has 4 rings (SSSR count). The number of hydrogen-bond acceptors (Lipinski definition) is 6. The van der Waals surface area contributed by atoms with Crippen molar-refractivity contribution in [3.63, 3.8) is 0 Å². The lowest BCUT2D eigenvalue weighted by Gasteiger charge is -2.38. The van der Waals surface area contributed by atoms with Gasteiger partial charge in [-0.1, -0.05) is 30.4 Å². The number of nitrogens with zero attached hydrogens (tertiary/aromatic N) is 3. The van der Waals surface area contributed by atoms with E-state index in [1.807, 2.05) is 12.1 Å². The van der Waals surface area contributed by atoms with Gasteiger partial charge in [0.15, 0.2) is 0 Å². The fraction of sp³-hybridized carbons (Fsp3) is 0.286. The monoisotopic (exact) mass is 361 g/mol. The molecule has 0 aromatic carbocycles. The van der Waals surface area contributed by atoms with Crippen molar-refractivity contribution in [2.45, 2.75) is 12.5 Å². The molecule has 3 N–H and O–H groups in total. The normalized spacial score (nSPS) is 22.0. The smallest absolute Gasteiger partial charge is 0.215 e. The summed E-state index contributed by atoms with van der Waals surface area (Å²) in [4.78, 5) is 23.7. The number of carbonyl (C=O) groups excluding carboxylic acids is 1. The van der Waals surface area contributed by atoms with Gasteiger partial charge in [-0.25, -0.2) is 9.97 Å². The first-order chi connectivity index (χ1) is 13.2. The van der Waals surface area contributed by atoms with E-state index in [0.29, 0.717) is 23.2 Å². The van der Waals surface area contributed by atoms with Crippen LogP contribution in [0.25, 0.3) is 0 Å².